The first-order valence-corrected chi connectivity index (χ1v) is 5.92. The van der Waals surface area contributed by atoms with Crippen LogP contribution in [0.1, 0.15) is 30.0 Å². The molecule has 1 fully saturated rings. The van der Waals surface area contributed by atoms with Crippen LogP contribution in [0.25, 0.3) is 0 Å². The molecule has 0 aromatic heterocycles. The molecule has 2 rings (SSSR count). The van der Waals surface area contributed by atoms with Crippen molar-refractivity contribution in [3.05, 3.63) is 35.1 Å². The first-order valence-electron chi connectivity index (χ1n) is 5.92. The highest BCUT2D eigenvalue weighted by Gasteiger charge is 2.37. The Morgan fingerprint density at radius 1 is 1.47 bits per heavy atom. The lowest BCUT2D eigenvalue weighted by Crippen LogP contribution is -2.39. The van der Waals surface area contributed by atoms with Crippen LogP contribution < -0.4 is 11.3 Å². The number of hydrogen-bond donors (Lipinski definition) is 2. The molecular weight excluding hydrogens is 219 g/mol. The fourth-order valence-electron chi connectivity index (χ4n) is 2.33. The average Bonchev–Trinajstić information content (AvgIpc) is 3.13. The molecule has 0 bridgehead atoms. The molecule has 17 heavy (non-hydrogen) atoms. The van der Waals surface area contributed by atoms with Crippen LogP contribution in [0.15, 0.2) is 18.2 Å². The average molecular weight is 238 g/mol. The highest BCUT2D eigenvalue weighted by Crippen LogP contribution is 2.40. The molecule has 0 saturated heterocycles. The molecule has 1 saturated carbocycles. The number of ether oxygens (including phenoxy) is 1. The number of benzene rings is 1. The van der Waals surface area contributed by atoms with E-state index in [9.17, 15) is 4.39 Å². The highest BCUT2D eigenvalue weighted by atomic mass is 19.1. The number of nitrogens with one attached hydrogen (secondary N) is 1. The minimum Gasteiger partial charge on any atom is -0.379 e. The van der Waals surface area contributed by atoms with Crippen molar-refractivity contribution in [2.75, 3.05) is 7.11 Å². The molecule has 0 spiro atoms. The predicted molar refractivity (Wildman–Crippen MR) is 64.7 cm³/mol. The molecule has 3 nitrogen and oxygen atoms in total. The third-order valence-corrected chi connectivity index (χ3v) is 3.44. The number of halogens is 1. The quantitative estimate of drug-likeness (QED) is 0.610. The highest BCUT2D eigenvalue weighted by molar-refractivity contribution is 5.30. The number of aryl methyl sites for hydroxylation is 1. The molecule has 94 valence electrons. The molecule has 2 atom stereocenters. The van der Waals surface area contributed by atoms with Gasteiger partial charge in [-0.05, 0) is 48.9 Å². The summed E-state index contributed by atoms with van der Waals surface area (Å²) in [4.78, 5) is 0. The Hall–Kier alpha value is -0.970. The lowest BCUT2D eigenvalue weighted by Gasteiger charge is -2.27. The van der Waals surface area contributed by atoms with Gasteiger partial charge in [0.2, 0.25) is 0 Å². The van der Waals surface area contributed by atoms with E-state index in [4.69, 9.17) is 10.6 Å². The van der Waals surface area contributed by atoms with E-state index in [1.54, 1.807) is 13.2 Å². The Kier molecular flexibility index (Phi) is 3.76. The Balaban J connectivity index is 2.29. The van der Waals surface area contributed by atoms with Gasteiger partial charge in [-0.3, -0.25) is 11.3 Å². The molecule has 4 heteroatoms. The summed E-state index contributed by atoms with van der Waals surface area (Å²) in [6, 6.07) is 4.62. The molecule has 0 heterocycles. The van der Waals surface area contributed by atoms with Gasteiger partial charge in [0, 0.05) is 7.11 Å². The molecule has 1 aliphatic rings. The van der Waals surface area contributed by atoms with Gasteiger partial charge in [-0.2, -0.15) is 0 Å². The first-order chi connectivity index (χ1) is 8.17. The summed E-state index contributed by atoms with van der Waals surface area (Å²) in [5, 5.41) is 0. The van der Waals surface area contributed by atoms with Gasteiger partial charge in [-0.15, -0.1) is 0 Å². The summed E-state index contributed by atoms with van der Waals surface area (Å²) in [5.74, 6) is 5.91. The van der Waals surface area contributed by atoms with Crippen molar-refractivity contribution < 1.29 is 9.13 Å². The lowest BCUT2D eigenvalue weighted by atomic mass is 9.95. The molecule has 0 radical (unpaired) electrons. The minimum absolute atomic E-state index is 0.0144. The second-order valence-corrected chi connectivity index (χ2v) is 4.68. The van der Waals surface area contributed by atoms with Crippen molar-refractivity contribution in [2.24, 2.45) is 11.8 Å². The van der Waals surface area contributed by atoms with Crippen molar-refractivity contribution >= 4 is 0 Å². The maximum Gasteiger partial charge on any atom is 0.123 e. The maximum atomic E-state index is 13.3. The van der Waals surface area contributed by atoms with Gasteiger partial charge in [-0.25, -0.2) is 4.39 Å². The largest absolute Gasteiger partial charge is 0.379 e. The van der Waals surface area contributed by atoms with Gasteiger partial charge >= 0.3 is 0 Å². The minimum atomic E-state index is -0.239. The fourth-order valence-corrected chi connectivity index (χ4v) is 2.33. The number of nitrogens with two attached hydrogens (primary N) is 1. The molecular formula is C13H19FN2O. The number of hydrazine groups is 1. The number of hydrogen-bond acceptors (Lipinski definition) is 3. The zero-order valence-corrected chi connectivity index (χ0v) is 10.2. The van der Waals surface area contributed by atoms with E-state index in [1.807, 2.05) is 6.92 Å². The molecule has 0 amide bonds. The fraction of sp³-hybridized carbons (Fsp3) is 0.538. The lowest BCUT2D eigenvalue weighted by molar-refractivity contribution is 0.0504. The summed E-state index contributed by atoms with van der Waals surface area (Å²) in [6.45, 7) is 1.96. The van der Waals surface area contributed by atoms with Crippen LogP contribution in [0.2, 0.25) is 0 Å². The number of methoxy groups -OCH3 is 1. The second-order valence-electron chi connectivity index (χ2n) is 4.68. The SMILES string of the molecule is COC(C1CC1)C(NN)c1cc(F)ccc1C. The summed E-state index contributed by atoms with van der Waals surface area (Å²) >= 11 is 0. The summed E-state index contributed by atoms with van der Waals surface area (Å²) in [5.41, 5.74) is 4.67. The van der Waals surface area contributed by atoms with Crippen LogP contribution in [0.3, 0.4) is 0 Å². The Labute approximate surface area is 101 Å². The second kappa shape index (κ2) is 5.12. The molecule has 0 aliphatic heterocycles. The Morgan fingerprint density at radius 2 is 2.18 bits per heavy atom. The smallest absolute Gasteiger partial charge is 0.123 e. The van der Waals surface area contributed by atoms with Crippen LogP contribution in [-0.2, 0) is 4.74 Å². The zero-order valence-electron chi connectivity index (χ0n) is 10.2. The summed E-state index contributed by atoms with van der Waals surface area (Å²) < 4.78 is 18.8. The summed E-state index contributed by atoms with van der Waals surface area (Å²) in [6.07, 6.45) is 2.33. The van der Waals surface area contributed by atoms with Gasteiger partial charge in [-0.1, -0.05) is 6.07 Å². The van der Waals surface area contributed by atoms with E-state index in [1.165, 1.54) is 12.1 Å². The third-order valence-electron chi connectivity index (χ3n) is 3.44. The van der Waals surface area contributed by atoms with Crippen molar-refractivity contribution in [1.82, 2.24) is 5.43 Å². The van der Waals surface area contributed by atoms with E-state index < -0.39 is 0 Å². The summed E-state index contributed by atoms with van der Waals surface area (Å²) in [7, 11) is 1.68. The molecule has 2 unspecified atom stereocenters. The number of rotatable bonds is 5. The molecule has 3 N–H and O–H groups in total. The van der Waals surface area contributed by atoms with Gasteiger partial charge < -0.3 is 4.74 Å². The molecule has 1 aromatic rings. The van der Waals surface area contributed by atoms with Crippen LogP contribution in [-0.4, -0.2) is 13.2 Å². The van der Waals surface area contributed by atoms with Gasteiger partial charge in [0.25, 0.3) is 0 Å². The Morgan fingerprint density at radius 3 is 2.71 bits per heavy atom. The van der Waals surface area contributed by atoms with Crippen LogP contribution in [0.4, 0.5) is 4.39 Å². The van der Waals surface area contributed by atoms with Crippen molar-refractivity contribution in [2.45, 2.75) is 31.9 Å². The third kappa shape index (κ3) is 2.65. The van der Waals surface area contributed by atoms with E-state index >= 15 is 0 Å². The molecule has 1 aliphatic carbocycles. The van der Waals surface area contributed by atoms with E-state index in [0.717, 1.165) is 24.0 Å². The zero-order chi connectivity index (χ0) is 12.4. The predicted octanol–water partition coefficient (Wildman–Crippen LogP) is 2.06. The molecule has 1 aromatic carbocycles. The maximum absolute atomic E-state index is 13.3. The monoisotopic (exact) mass is 238 g/mol. The van der Waals surface area contributed by atoms with E-state index in [2.05, 4.69) is 5.43 Å². The Bertz CT molecular complexity index is 393. The van der Waals surface area contributed by atoms with Crippen molar-refractivity contribution in [3.8, 4) is 0 Å². The standard InChI is InChI=1S/C13H19FN2O/c1-8-3-6-10(14)7-11(8)12(16-15)13(17-2)9-4-5-9/h3,6-7,9,12-13,16H,4-5,15H2,1-2H3. The normalized spacial score (nSPS) is 19.1. The van der Waals surface area contributed by atoms with Gasteiger partial charge in [0.15, 0.2) is 0 Å². The van der Waals surface area contributed by atoms with Gasteiger partial charge in [0.05, 0.1) is 12.1 Å². The van der Waals surface area contributed by atoms with Crippen LogP contribution in [0.5, 0.6) is 0 Å². The van der Waals surface area contributed by atoms with Crippen LogP contribution in [0, 0.1) is 18.7 Å². The topological polar surface area (TPSA) is 47.3 Å². The van der Waals surface area contributed by atoms with Crippen LogP contribution >= 0.6 is 0 Å². The first kappa shape index (κ1) is 12.5. The van der Waals surface area contributed by atoms with Gasteiger partial charge in [0.1, 0.15) is 5.82 Å². The van der Waals surface area contributed by atoms with E-state index in [-0.39, 0.29) is 18.0 Å². The van der Waals surface area contributed by atoms with Crippen molar-refractivity contribution in [1.29, 1.82) is 0 Å². The van der Waals surface area contributed by atoms with E-state index in [0.29, 0.717) is 5.92 Å². The van der Waals surface area contributed by atoms with Crippen molar-refractivity contribution in [3.63, 3.8) is 0 Å².